The third-order valence-electron chi connectivity index (χ3n) is 5.59. The Morgan fingerprint density at radius 2 is 2.03 bits per heavy atom. The first-order chi connectivity index (χ1) is 14.1. The number of fused-ring (bicyclic) bond motifs is 2. The number of rotatable bonds is 7. The van der Waals surface area contributed by atoms with Crippen LogP contribution in [0.1, 0.15) is 62.8 Å². The molecule has 0 aromatic carbocycles. The number of hydrogen-bond donors (Lipinski definition) is 1. The molecule has 0 saturated carbocycles. The van der Waals surface area contributed by atoms with Gasteiger partial charge in [-0.05, 0) is 13.3 Å². The van der Waals surface area contributed by atoms with Crippen molar-refractivity contribution in [1.82, 2.24) is 24.4 Å². The van der Waals surface area contributed by atoms with Gasteiger partial charge in [0.25, 0.3) is 11.5 Å². The number of methoxy groups -OCH3 is 1. The Morgan fingerprint density at radius 1 is 1.33 bits per heavy atom. The standard InChI is InChI=1S/C21H31N5O4/c1-7-13(2)24-11-14-18(20(24)29)25(12-16(27)22-8-9-30-6)17-10-15(21(3,4)5)23-26(17)19(14)28/h10,13H,7-9,11-12H2,1-6H3,(H,22,27)/t13-/m0/s1. The third kappa shape index (κ3) is 3.86. The highest BCUT2D eigenvalue weighted by atomic mass is 16.5. The SMILES string of the molecule is CC[C@H](C)N1Cc2c(n(CC(=O)NCCOC)c3cc(C(C)(C)C)nn3c2=O)C1=O. The highest BCUT2D eigenvalue weighted by molar-refractivity contribution is 5.98. The van der Waals surface area contributed by atoms with Gasteiger partial charge in [0.2, 0.25) is 5.91 Å². The second-order valence-corrected chi connectivity index (χ2v) is 8.80. The van der Waals surface area contributed by atoms with Crippen LogP contribution in [-0.4, -0.2) is 57.2 Å². The normalized spacial score (nSPS) is 15.0. The van der Waals surface area contributed by atoms with Crippen LogP contribution in [0.5, 0.6) is 0 Å². The first-order valence-electron chi connectivity index (χ1n) is 10.3. The zero-order chi connectivity index (χ0) is 22.2. The van der Waals surface area contributed by atoms with Crippen LogP contribution in [0, 0.1) is 0 Å². The van der Waals surface area contributed by atoms with Crippen molar-refractivity contribution in [2.45, 2.75) is 65.6 Å². The van der Waals surface area contributed by atoms with Crippen LogP contribution in [-0.2, 0) is 28.0 Å². The summed E-state index contributed by atoms with van der Waals surface area (Å²) in [7, 11) is 1.56. The number of nitrogens with one attached hydrogen (secondary N) is 1. The van der Waals surface area contributed by atoms with E-state index in [4.69, 9.17) is 4.74 Å². The first-order valence-corrected chi connectivity index (χ1v) is 10.3. The van der Waals surface area contributed by atoms with Crippen LogP contribution in [0.3, 0.4) is 0 Å². The molecular weight excluding hydrogens is 386 g/mol. The summed E-state index contributed by atoms with van der Waals surface area (Å²) in [6, 6.07) is 1.79. The van der Waals surface area contributed by atoms with E-state index in [2.05, 4.69) is 10.4 Å². The molecule has 2 aromatic rings. The van der Waals surface area contributed by atoms with Gasteiger partial charge in [-0.15, -0.1) is 0 Å². The number of nitrogens with zero attached hydrogens (tertiary/aromatic N) is 4. The molecule has 3 heterocycles. The predicted molar refractivity (Wildman–Crippen MR) is 113 cm³/mol. The predicted octanol–water partition coefficient (Wildman–Crippen LogP) is 1.31. The van der Waals surface area contributed by atoms with E-state index in [0.717, 1.165) is 12.1 Å². The van der Waals surface area contributed by atoms with E-state index in [9.17, 15) is 14.4 Å². The molecule has 0 bridgehead atoms. The zero-order valence-corrected chi connectivity index (χ0v) is 18.6. The maximum Gasteiger partial charge on any atom is 0.280 e. The monoisotopic (exact) mass is 417 g/mol. The van der Waals surface area contributed by atoms with Crippen LogP contribution >= 0.6 is 0 Å². The molecule has 2 amide bonds. The molecule has 9 heteroatoms. The Hall–Kier alpha value is -2.68. The molecule has 1 N–H and O–H groups in total. The van der Waals surface area contributed by atoms with Gasteiger partial charge in [0.1, 0.15) is 17.9 Å². The summed E-state index contributed by atoms with van der Waals surface area (Å²) >= 11 is 0. The van der Waals surface area contributed by atoms with E-state index in [1.54, 1.807) is 22.6 Å². The topological polar surface area (TPSA) is 97.9 Å². The summed E-state index contributed by atoms with van der Waals surface area (Å²) in [5.74, 6) is -0.477. The molecule has 2 aromatic heterocycles. The lowest BCUT2D eigenvalue weighted by molar-refractivity contribution is -0.121. The van der Waals surface area contributed by atoms with Gasteiger partial charge in [-0.1, -0.05) is 27.7 Å². The average Bonchev–Trinajstić information content (AvgIpc) is 3.27. The van der Waals surface area contributed by atoms with Crippen LogP contribution < -0.4 is 10.9 Å². The molecule has 1 atom stereocenters. The van der Waals surface area contributed by atoms with Gasteiger partial charge in [0.15, 0.2) is 0 Å². The largest absolute Gasteiger partial charge is 0.383 e. The molecule has 0 radical (unpaired) electrons. The minimum Gasteiger partial charge on any atom is -0.383 e. The van der Waals surface area contributed by atoms with Gasteiger partial charge < -0.3 is 19.5 Å². The number of amides is 2. The van der Waals surface area contributed by atoms with Gasteiger partial charge in [0, 0.05) is 31.2 Å². The fraction of sp³-hybridized carbons (Fsp3) is 0.619. The van der Waals surface area contributed by atoms with Gasteiger partial charge >= 0.3 is 0 Å². The number of aromatic nitrogens is 3. The molecular formula is C21H31N5O4. The van der Waals surface area contributed by atoms with Gasteiger partial charge in [-0.25, -0.2) is 0 Å². The highest BCUT2D eigenvalue weighted by Crippen LogP contribution is 2.27. The van der Waals surface area contributed by atoms with Crippen molar-refractivity contribution < 1.29 is 14.3 Å². The molecule has 1 aliphatic heterocycles. The van der Waals surface area contributed by atoms with Gasteiger partial charge in [-0.3, -0.25) is 14.4 Å². The molecule has 1 aliphatic rings. The number of carbonyl (C=O) groups is 2. The van der Waals surface area contributed by atoms with E-state index < -0.39 is 0 Å². The molecule has 30 heavy (non-hydrogen) atoms. The molecule has 0 fully saturated rings. The first kappa shape index (κ1) is 22.0. The Balaban J connectivity index is 2.16. The van der Waals surface area contributed by atoms with Crippen molar-refractivity contribution in [3.63, 3.8) is 0 Å². The van der Waals surface area contributed by atoms with Crippen molar-refractivity contribution in [2.24, 2.45) is 0 Å². The van der Waals surface area contributed by atoms with E-state index in [0.29, 0.717) is 24.4 Å². The maximum absolute atomic E-state index is 13.2. The Bertz CT molecular complexity index is 1030. The Kier molecular flexibility index (Phi) is 6.03. The summed E-state index contributed by atoms with van der Waals surface area (Å²) in [4.78, 5) is 40.7. The number of carbonyl (C=O) groups excluding carboxylic acids is 2. The summed E-state index contributed by atoms with van der Waals surface area (Å²) in [6.07, 6.45) is 0.775. The molecule has 0 spiro atoms. The molecule has 3 rings (SSSR count). The Labute approximate surface area is 176 Å². The van der Waals surface area contributed by atoms with Crippen molar-refractivity contribution in [3.8, 4) is 0 Å². The maximum atomic E-state index is 13.2. The molecule has 0 unspecified atom stereocenters. The summed E-state index contributed by atoms with van der Waals surface area (Å²) < 4.78 is 7.93. The van der Waals surface area contributed by atoms with E-state index in [1.807, 2.05) is 34.6 Å². The van der Waals surface area contributed by atoms with Gasteiger partial charge in [0.05, 0.1) is 24.4 Å². The third-order valence-corrected chi connectivity index (χ3v) is 5.59. The van der Waals surface area contributed by atoms with Crippen molar-refractivity contribution in [1.29, 1.82) is 0 Å². The lowest BCUT2D eigenvalue weighted by Crippen LogP contribution is -2.35. The van der Waals surface area contributed by atoms with Crippen LogP contribution in [0.4, 0.5) is 0 Å². The smallest absolute Gasteiger partial charge is 0.280 e. The van der Waals surface area contributed by atoms with E-state index in [-0.39, 0.29) is 47.6 Å². The summed E-state index contributed by atoms with van der Waals surface area (Å²) in [5.41, 5.74) is 1.27. The van der Waals surface area contributed by atoms with Crippen molar-refractivity contribution in [3.05, 3.63) is 33.4 Å². The minimum atomic E-state index is -0.300. The van der Waals surface area contributed by atoms with Crippen molar-refractivity contribution in [2.75, 3.05) is 20.3 Å². The highest BCUT2D eigenvalue weighted by Gasteiger charge is 2.37. The van der Waals surface area contributed by atoms with E-state index >= 15 is 0 Å². The molecule has 0 saturated heterocycles. The second-order valence-electron chi connectivity index (χ2n) is 8.80. The lowest BCUT2D eigenvalue weighted by atomic mass is 9.93. The lowest BCUT2D eigenvalue weighted by Gasteiger charge is -2.22. The summed E-state index contributed by atoms with van der Waals surface area (Å²) in [6.45, 7) is 10.9. The average molecular weight is 418 g/mol. The zero-order valence-electron chi connectivity index (χ0n) is 18.6. The van der Waals surface area contributed by atoms with E-state index in [1.165, 1.54) is 4.52 Å². The minimum absolute atomic E-state index is 0.00858. The fourth-order valence-corrected chi connectivity index (χ4v) is 3.58. The van der Waals surface area contributed by atoms with Gasteiger partial charge in [-0.2, -0.15) is 9.61 Å². The van der Waals surface area contributed by atoms with Crippen LogP contribution in [0.15, 0.2) is 10.9 Å². The van der Waals surface area contributed by atoms with Crippen molar-refractivity contribution >= 4 is 17.5 Å². The van der Waals surface area contributed by atoms with Crippen LogP contribution in [0.2, 0.25) is 0 Å². The second kappa shape index (κ2) is 8.22. The summed E-state index contributed by atoms with van der Waals surface area (Å²) in [5, 5.41) is 7.30. The molecule has 164 valence electrons. The van der Waals surface area contributed by atoms with Crippen LogP contribution in [0.25, 0.3) is 5.65 Å². The quantitative estimate of drug-likeness (QED) is 0.685. The molecule has 9 nitrogen and oxygen atoms in total. The number of ether oxygens (including phenoxy) is 1. The Morgan fingerprint density at radius 3 is 2.63 bits per heavy atom. The fourth-order valence-electron chi connectivity index (χ4n) is 3.58. The molecule has 0 aliphatic carbocycles. The number of hydrogen-bond acceptors (Lipinski definition) is 5.